The Morgan fingerprint density at radius 3 is 2.18 bits per heavy atom. The maximum absolute atomic E-state index is 14.7. The van der Waals surface area contributed by atoms with Gasteiger partial charge in [0.05, 0.1) is 54.6 Å². The number of halogens is 1. The second kappa shape index (κ2) is 30.0. The van der Waals surface area contributed by atoms with Crippen LogP contribution in [0.3, 0.4) is 0 Å². The van der Waals surface area contributed by atoms with E-state index in [2.05, 4.69) is 53.5 Å². The van der Waals surface area contributed by atoms with Crippen LogP contribution in [0.5, 0.6) is 0 Å². The van der Waals surface area contributed by atoms with Crippen LogP contribution in [-0.2, 0) is 49.5 Å². The third-order valence-corrected chi connectivity index (χ3v) is 16.3. The van der Waals surface area contributed by atoms with E-state index in [1.54, 1.807) is 26.2 Å². The lowest BCUT2D eigenvalue weighted by Gasteiger charge is -2.41. The van der Waals surface area contributed by atoms with Crippen LogP contribution >= 0.6 is 15.9 Å². The van der Waals surface area contributed by atoms with Crippen molar-refractivity contribution in [2.45, 2.75) is 175 Å². The first kappa shape index (κ1) is 60.1. The number of para-hydroxylation sites is 1. The molecule has 0 aliphatic carbocycles. The lowest BCUT2D eigenvalue weighted by molar-refractivity contribution is -0.201. The molecule has 1 N–H and O–H groups in total. The van der Waals surface area contributed by atoms with Gasteiger partial charge in [0.25, 0.3) is 0 Å². The maximum atomic E-state index is 14.7. The molecule has 0 radical (unpaired) electrons. The second-order valence-corrected chi connectivity index (χ2v) is 21.9. The summed E-state index contributed by atoms with van der Waals surface area (Å²) in [5.41, 5.74) is 1.93. The number of methoxy groups -OCH3 is 2. The number of aromatic nitrogens is 1. The molecule has 3 heterocycles. The highest BCUT2D eigenvalue weighted by Crippen LogP contribution is 2.33. The van der Waals surface area contributed by atoms with Gasteiger partial charge in [0.15, 0.2) is 5.78 Å². The highest BCUT2D eigenvalue weighted by molar-refractivity contribution is 9.09. The van der Waals surface area contributed by atoms with E-state index in [0.29, 0.717) is 44.3 Å². The number of unbranched alkanes of at least 4 members (excludes halogenated alkanes) is 4. The number of carbonyl (C=O) groups is 6. The fourth-order valence-electron chi connectivity index (χ4n) is 11.3. The molecule has 2 aromatic rings. The van der Waals surface area contributed by atoms with Crippen LogP contribution in [0.1, 0.15) is 144 Å². The van der Waals surface area contributed by atoms with Crippen LogP contribution in [-0.4, -0.2) is 150 Å². The third kappa shape index (κ3) is 16.8. The third-order valence-electron chi connectivity index (χ3n) is 15.6. The zero-order valence-electron chi connectivity index (χ0n) is 45.2. The number of nitrogens with one attached hydrogen (secondary N) is 1. The van der Waals surface area contributed by atoms with Gasteiger partial charge in [-0.1, -0.05) is 108 Å². The van der Waals surface area contributed by atoms with Gasteiger partial charge >= 0.3 is 0 Å². The number of Topliss-reactive ketones (excluding diaryl/α,β-unsaturated/α-hetero) is 3. The molecular formula is C56H90BrN5O9. The van der Waals surface area contributed by atoms with Crippen molar-refractivity contribution in [2.75, 3.05) is 59.9 Å². The van der Waals surface area contributed by atoms with Crippen molar-refractivity contribution in [1.82, 2.24) is 24.7 Å². The molecule has 0 unspecified atom stereocenters. The largest absolute Gasteiger partial charge is 0.379 e. The minimum atomic E-state index is -0.646. The summed E-state index contributed by atoms with van der Waals surface area (Å²) in [5.74, 6) is -2.16. The van der Waals surface area contributed by atoms with Crippen LogP contribution in [0.25, 0.3) is 10.9 Å². The highest BCUT2D eigenvalue weighted by atomic mass is 79.9. The highest BCUT2D eigenvalue weighted by Gasteiger charge is 2.44. The van der Waals surface area contributed by atoms with Gasteiger partial charge < -0.3 is 24.3 Å². The molecule has 2 saturated heterocycles. The predicted molar refractivity (Wildman–Crippen MR) is 284 cm³/mol. The average Bonchev–Trinajstić information content (AvgIpc) is 4.02. The van der Waals surface area contributed by atoms with E-state index in [1.807, 2.05) is 63.2 Å². The summed E-state index contributed by atoms with van der Waals surface area (Å²) in [4.78, 5) is 98.6. The van der Waals surface area contributed by atoms with E-state index in [-0.39, 0.29) is 84.2 Å². The standard InChI is InChI=1S/C56H90BrN5O9/c1-12-39(6)53(60(9)56(68)45(37(2)3)33-49(65)52(38(4)5)59(8)27-19-15-13-14-16-23-43(63)35-57)50(69-10)34-51(66)61-28-22-26-47(61)54(70-11)40(7)48(64)32-41(55(67)62-29-20-21-30-71-62)31-42-36-58-46-25-18-17-24-44(42)46/h17-18,24-25,36-41,45,47,50,52-54,58H,12-16,19-23,26-35H2,1-11H3/t39-,40-,41+,45-,47-,50+,52-,53-,54+/m0/s1. The molecule has 71 heavy (non-hydrogen) atoms. The number of fused-ring (bicyclic) bond motifs is 1. The molecule has 1 aromatic heterocycles. The number of hydrogen-bond donors (Lipinski definition) is 1. The Hall–Kier alpha value is -3.50. The summed E-state index contributed by atoms with van der Waals surface area (Å²) in [7, 11) is 6.97. The summed E-state index contributed by atoms with van der Waals surface area (Å²) in [5, 5.41) is 2.86. The molecule has 2 aliphatic rings. The Morgan fingerprint density at radius 1 is 0.845 bits per heavy atom. The maximum Gasteiger partial charge on any atom is 0.250 e. The number of H-pyrrole nitrogens is 1. The van der Waals surface area contributed by atoms with Crippen LogP contribution < -0.4 is 0 Å². The van der Waals surface area contributed by atoms with Crippen molar-refractivity contribution in [3.05, 3.63) is 36.0 Å². The summed E-state index contributed by atoms with van der Waals surface area (Å²) in [6.45, 7) is 16.3. The van der Waals surface area contributed by atoms with Crippen molar-refractivity contribution < 1.29 is 43.1 Å². The number of ether oxygens (including phenoxy) is 2. The van der Waals surface area contributed by atoms with Crippen molar-refractivity contribution >= 4 is 61.9 Å². The van der Waals surface area contributed by atoms with Crippen LogP contribution in [0.15, 0.2) is 30.5 Å². The molecule has 9 atom stereocenters. The van der Waals surface area contributed by atoms with Crippen molar-refractivity contribution in [1.29, 1.82) is 0 Å². The molecule has 3 amide bonds. The van der Waals surface area contributed by atoms with Gasteiger partial charge in [-0.05, 0) is 87.9 Å². The number of carbonyl (C=O) groups excluding carboxylic acids is 6. The van der Waals surface area contributed by atoms with Crippen LogP contribution in [0.4, 0.5) is 0 Å². The number of hydroxylamine groups is 2. The number of likely N-dealkylation sites (N-methyl/N-ethyl adjacent to an activating group) is 2. The molecule has 2 aliphatic heterocycles. The second-order valence-electron chi connectivity index (χ2n) is 21.4. The van der Waals surface area contributed by atoms with Crippen molar-refractivity contribution in [3.63, 3.8) is 0 Å². The normalized spacial score (nSPS) is 18.9. The van der Waals surface area contributed by atoms with Gasteiger partial charge in [0.2, 0.25) is 17.7 Å². The molecule has 1 aromatic carbocycles. The number of aromatic amines is 1. The first-order valence-electron chi connectivity index (χ1n) is 26.8. The Kier molecular flexibility index (Phi) is 25.4. The number of rotatable bonds is 32. The summed E-state index contributed by atoms with van der Waals surface area (Å²) in [6.07, 6.45) is 10.6. The number of alkyl halides is 1. The smallest absolute Gasteiger partial charge is 0.250 e. The van der Waals surface area contributed by atoms with Gasteiger partial charge in [-0.15, -0.1) is 0 Å². The zero-order chi connectivity index (χ0) is 52.4. The Labute approximate surface area is 434 Å². The number of amides is 3. The molecule has 0 spiro atoms. The number of likely N-dealkylation sites (tertiary alicyclic amines) is 1. The first-order valence-corrected chi connectivity index (χ1v) is 28.0. The molecule has 15 heteroatoms. The van der Waals surface area contributed by atoms with Crippen LogP contribution in [0, 0.1) is 35.5 Å². The summed E-state index contributed by atoms with van der Waals surface area (Å²) in [6, 6.07) is 6.79. The topological polar surface area (TPSA) is 159 Å². The molecule has 4 rings (SSSR count). The Morgan fingerprint density at radius 2 is 1.55 bits per heavy atom. The Balaban J connectivity index is 1.45. The van der Waals surface area contributed by atoms with Gasteiger partial charge in [-0.25, -0.2) is 5.06 Å². The molecule has 0 bridgehead atoms. The Bertz CT molecular complexity index is 2000. The molecule has 2 fully saturated rings. The lowest BCUT2D eigenvalue weighted by Crippen LogP contribution is -2.54. The quantitative estimate of drug-likeness (QED) is 0.0553. The van der Waals surface area contributed by atoms with Gasteiger partial charge in [-0.2, -0.15) is 0 Å². The molecule has 400 valence electrons. The molecule has 14 nitrogen and oxygen atoms in total. The SMILES string of the molecule is CC[C@H](C)[C@@H]([C@@H](CC(=O)N1CCC[C@H]1[C@H](OC)[C@@H](C)C(=O)C[C@@H](Cc1c[nH]c2ccccc12)C(=O)N1CCCCO1)OC)N(C)C(=O)[C@@H](CC(=O)[C@H](C(C)C)N(C)CCCCCCCC(=O)CBr)C(C)C. The van der Waals surface area contributed by atoms with E-state index in [0.717, 1.165) is 80.8 Å². The minimum absolute atomic E-state index is 0.00416. The van der Waals surface area contributed by atoms with E-state index < -0.39 is 36.0 Å². The molecule has 0 saturated carbocycles. The van der Waals surface area contributed by atoms with E-state index in [1.165, 1.54) is 5.06 Å². The summed E-state index contributed by atoms with van der Waals surface area (Å²) >= 11 is 3.23. The molecular weight excluding hydrogens is 967 g/mol. The monoisotopic (exact) mass is 1060 g/mol. The van der Waals surface area contributed by atoms with E-state index in [9.17, 15) is 28.8 Å². The van der Waals surface area contributed by atoms with Crippen molar-refractivity contribution in [2.24, 2.45) is 35.5 Å². The zero-order valence-corrected chi connectivity index (χ0v) is 46.8. The van der Waals surface area contributed by atoms with Gasteiger partial charge in [-0.3, -0.25) is 38.5 Å². The number of benzene rings is 1. The predicted octanol–water partition coefficient (Wildman–Crippen LogP) is 9.25. The average molecular weight is 1060 g/mol. The fraction of sp³-hybridized carbons (Fsp3) is 0.750. The van der Waals surface area contributed by atoms with E-state index in [4.69, 9.17) is 14.3 Å². The van der Waals surface area contributed by atoms with Gasteiger partial charge in [0.1, 0.15) is 11.6 Å². The van der Waals surface area contributed by atoms with Gasteiger partial charge in [0, 0.05) is 82.6 Å². The number of hydrogen-bond acceptors (Lipinski definition) is 10. The summed E-state index contributed by atoms with van der Waals surface area (Å²) < 4.78 is 12.3. The fourth-order valence-corrected chi connectivity index (χ4v) is 11.6. The minimum Gasteiger partial charge on any atom is -0.379 e. The van der Waals surface area contributed by atoms with Crippen molar-refractivity contribution in [3.8, 4) is 0 Å². The number of ketones is 3. The van der Waals surface area contributed by atoms with E-state index >= 15 is 0 Å². The first-order chi connectivity index (χ1) is 33.9. The number of nitrogens with zero attached hydrogens (tertiary/aromatic N) is 4. The lowest BCUT2D eigenvalue weighted by atomic mass is 9.83. The van der Waals surface area contributed by atoms with Crippen LogP contribution in [0.2, 0.25) is 0 Å².